The maximum atomic E-state index is 12.4. The normalized spacial score (nSPS) is 21.8. The molecule has 10 nitrogen and oxygen atoms in total. The number of hydrogen-bond acceptors (Lipinski definition) is 9. The number of amides is 1. The van der Waals surface area contributed by atoms with Gasteiger partial charge in [-0.3, -0.25) is 9.69 Å². The summed E-state index contributed by atoms with van der Waals surface area (Å²) in [4.78, 5) is 61.4. The van der Waals surface area contributed by atoms with Crippen molar-refractivity contribution < 1.29 is 38.2 Å². The Balaban J connectivity index is 0.00000144. The smallest absolute Gasteiger partial charge is 0.410 e. The van der Waals surface area contributed by atoms with Crippen LogP contribution >= 0.6 is 0 Å². The van der Waals surface area contributed by atoms with E-state index in [0.29, 0.717) is 31.0 Å². The van der Waals surface area contributed by atoms with E-state index in [9.17, 15) is 9.59 Å². The lowest BCUT2D eigenvalue weighted by atomic mass is 9.81. The minimum Gasteiger partial charge on any atom is -0.468 e. The van der Waals surface area contributed by atoms with Crippen molar-refractivity contribution in [3.8, 4) is 0 Å². The van der Waals surface area contributed by atoms with Crippen LogP contribution < -0.4 is 0 Å². The van der Waals surface area contributed by atoms with Crippen molar-refractivity contribution in [2.45, 2.75) is 84.5 Å². The van der Waals surface area contributed by atoms with Crippen LogP contribution in [-0.4, -0.2) is 77.6 Å². The molecule has 2 aliphatic heterocycles. The molecule has 0 radical (unpaired) electrons. The van der Waals surface area contributed by atoms with E-state index in [0.717, 1.165) is 12.8 Å². The van der Waals surface area contributed by atoms with Crippen molar-refractivity contribution in [2.75, 3.05) is 20.2 Å². The molecule has 0 bridgehead atoms. The standard InChI is InChI=1S/C20H36N2O4.2CO2/c1-13(2)20(14(3)4)16(17(23)25-8)22(20)15-9-11-21(12-10-15)18(24)26-19(5,6)7;2*2-1-3/h13-16H,9-12H2,1-8H3;;. The van der Waals surface area contributed by atoms with Crippen molar-refractivity contribution in [3.63, 3.8) is 0 Å². The molecular weight excluding hydrogens is 420 g/mol. The van der Waals surface area contributed by atoms with Crippen molar-refractivity contribution in [1.82, 2.24) is 9.80 Å². The third-order valence-corrected chi connectivity index (χ3v) is 5.88. The van der Waals surface area contributed by atoms with Gasteiger partial charge in [0.1, 0.15) is 11.6 Å². The fourth-order valence-corrected chi connectivity index (χ4v) is 4.83. The molecule has 0 saturated carbocycles. The summed E-state index contributed by atoms with van der Waals surface area (Å²) in [5, 5.41) is 0. The third-order valence-electron chi connectivity index (χ3n) is 5.88. The van der Waals surface area contributed by atoms with Crippen LogP contribution in [0, 0.1) is 11.8 Å². The quantitative estimate of drug-likeness (QED) is 0.461. The van der Waals surface area contributed by atoms with Gasteiger partial charge in [0.05, 0.1) is 12.6 Å². The highest BCUT2D eigenvalue weighted by Gasteiger charge is 2.71. The Bertz CT molecular complexity index is 673. The molecule has 0 aliphatic carbocycles. The molecule has 2 atom stereocenters. The number of ether oxygens (including phenoxy) is 2. The topological polar surface area (TPSA) is 127 Å². The first kappa shape index (κ1) is 29.5. The van der Waals surface area contributed by atoms with Crippen molar-refractivity contribution in [3.05, 3.63) is 0 Å². The zero-order chi connectivity index (χ0) is 25.3. The van der Waals surface area contributed by atoms with Gasteiger partial charge < -0.3 is 14.4 Å². The number of carbonyl (C=O) groups excluding carboxylic acids is 6. The Morgan fingerprint density at radius 1 is 0.938 bits per heavy atom. The van der Waals surface area contributed by atoms with E-state index in [-0.39, 0.29) is 35.9 Å². The number of esters is 1. The van der Waals surface area contributed by atoms with E-state index in [1.807, 2.05) is 20.8 Å². The second-order valence-electron chi connectivity index (χ2n) is 9.39. The predicted molar refractivity (Wildman–Crippen MR) is 111 cm³/mol. The third kappa shape index (κ3) is 6.99. The highest BCUT2D eigenvalue weighted by atomic mass is 16.6. The summed E-state index contributed by atoms with van der Waals surface area (Å²) < 4.78 is 10.6. The maximum Gasteiger partial charge on any atom is 0.410 e. The Labute approximate surface area is 189 Å². The van der Waals surface area contributed by atoms with Crippen LogP contribution in [0.3, 0.4) is 0 Å². The molecule has 2 rings (SSSR count). The number of hydrogen-bond donors (Lipinski definition) is 0. The van der Waals surface area contributed by atoms with Crippen LogP contribution in [0.15, 0.2) is 0 Å². The van der Waals surface area contributed by atoms with Crippen molar-refractivity contribution in [2.24, 2.45) is 11.8 Å². The van der Waals surface area contributed by atoms with E-state index < -0.39 is 5.60 Å². The Kier molecular flexibility index (Phi) is 11.5. The van der Waals surface area contributed by atoms with Crippen LogP contribution in [0.4, 0.5) is 4.79 Å². The molecule has 2 unspecified atom stereocenters. The summed E-state index contributed by atoms with van der Waals surface area (Å²) in [7, 11) is 1.47. The number of piperidine rings is 1. The first-order valence-electron chi connectivity index (χ1n) is 10.6. The zero-order valence-corrected chi connectivity index (χ0v) is 20.3. The van der Waals surface area contributed by atoms with Gasteiger partial charge in [-0.2, -0.15) is 19.2 Å². The lowest BCUT2D eigenvalue weighted by Crippen LogP contribution is -2.46. The minimum atomic E-state index is -0.478. The van der Waals surface area contributed by atoms with Gasteiger partial charge in [0.25, 0.3) is 0 Å². The lowest BCUT2D eigenvalue weighted by Gasteiger charge is -2.36. The highest BCUT2D eigenvalue weighted by molar-refractivity contribution is 5.82. The minimum absolute atomic E-state index is 0.137. The van der Waals surface area contributed by atoms with Gasteiger partial charge in [0.2, 0.25) is 0 Å². The van der Waals surface area contributed by atoms with Gasteiger partial charge in [0, 0.05) is 19.1 Å². The molecule has 2 heterocycles. The first-order valence-corrected chi connectivity index (χ1v) is 10.6. The van der Waals surface area contributed by atoms with E-state index in [1.54, 1.807) is 4.90 Å². The molecule has 0 aromatic carbocycles. The van der Waals surface area contributed by atoms with Gasteiger partial charge >= 0.3 is 24.4 Å². The van der Waals surface area contributed by atoms with Gasteiger partial charge in [-0.05, 0) is 45.4 Å². The number of methoxy groups -OCH3 is 1. The van der Waals surface area contributed by atoms with Gasteiger partial charge in [-0.25, -0.2) is 4.79 Å². The largest absolute Gasteiger partial charge is 0.468 e. The molecule has 0 aromatic heterocycles. The molecule has 32 heavy (non-hydrogen) atoms. The molecular formula is C22H36N2O8. The molecule has 0 aromatic rings. The lowest BCUT2D eigenvalue weighted by molar-refractivity contribution is -0.193. The monoisotopic (exact) mass is 456 g/mol. The summed E-state index contributed by atoms with van der Waals surface area (Å²) >= 11 is 0. The summed E-state index contributed by atoms with van der Waals surface area (Å²) in [5.74, 6) is 0.577. The molecule has 10 heteroatoms. The molecule has 2 fully saturated rings. The second kappa shape index (κ2) is 12.5. The van der Waals surface area contributed by atoms with Gasteiger partial charge in [0.15, 0.2) is 0 Å². The maximum absolute atomic E-state index is 12.4. The Morgan fingerprint density at radius 3 is 1.66 bits per heavy atom. The first-order chi connectivity index (χ1) is 14.8. The van der Waals surface area contributed by atoms with Crippen LogP contribution in [0.25, 0.3) is 0 Å². The van der Waals surface area contributed by atoms with Crippen LogP contribution in [0.1, 0.15) is 61.3 Å². The second-order valence-corrected chi connectivity index (χ2v) is 9.39. The molecule has 0 N–H and O–H groups in total. The summed E-state index contributed by atoms with van der Waals surface area (Å²) in [6, 6.07) is 0.119. The zero-order valence-electron chi connectivity index (χ0n) is 20.3. The van der Waals surface area contributed by atoms with Gasteiger partial charge in [-0.1, -0.05) is 27.7 Å². The van der Waals surface area contributed by atoms with Crippen LogP contribution in [0.2, 0.25) is 0 Å². The number of likely N-dealkylation sites (tertiary alicyclic amines) is 1. The number of carbonyl (C=O) groups is 2. The average molecular weight is 457 g/mol. The number of nitrogens with zero attached hydrogens (tertiary/aromatic N) is 2. The van der Waals surface area contributed by atoms with E-state index in [4.69, 9.17) is 28.7 Å². The molecule has 182 valence electrons. The highest BCUT2D eigenvalue weighted by Crippen LogP contribution is 2.55. The molecule has 0 spiro atoms. The summed E-state index contributed by atoms with van der Waals surface area (Å²) in [6.07, 6.45) is 1.97. The summed E-state index contributed by atoms with van der Waals surface area (Å²) in [6.45, 7) is 15.7. The van der Waals surface area contributed by atoms with Crippen molar-refractivity contribution in [1.29, 1.82) is 0 Å². The van der Waals surface area contributed by atoms with Crippen molar-refractivity contribution >= 4 is 24.4 Å². The fraction of sp³-hybridized carbons (Fsp3) is 0.818. The predicted octanol–water partition coefficient (Wildman–Crippen LogP) is 2.13. The van der Waals surface area contributed by atoms with E-state index in [1.165, 1.54) is 7.11 Å². The van der Waals surface area contributed by atoms with E-state index in [2.05, 4.69) is 32.6 Å². The Morgan fingerprint density at radius 2 is 1.34 bits per heavy atom. The molecule has 1 amide bonds. The van der Waals surface area contributed by atoms with E-state index >= 15 is 0 Å². The number of rotatable bonds is 4. The molecule has 2 saturated heterocycles. The van der Waals surface area contributed by atoms with Crippen LogP contribution in [0.5, 0.6) is 0 Å². The molecule has 2 aliphatic rings. The fourth-order valence-electron chi connectivity index (χ4n) is 4.83. The van der Waals surface area contributed by atoms with Crippen LogP contribution in [-0.2, 0) is 33.4 Å². The SMILES string of the molecule is COC(=O)C1N(C2CCN(C(=O)OC(C)(C)C)CC2)C1(C(C)C)C(C)C.O=C=O.O=C=O. The Hall–Kier alpha value is -2.54. The summed E-state index contributed by atoms with van der Waals surface area (Å²) in [5.41, 5.74) is -0.625. The average Bonchev–Trinajstić information content (AvgIpc) is 3.39. The van der Waals surface area contributed by atoms with Gasteiger partial charge in [-0.15, -0.1) is 0 Å².